The summed E-state index contributed by atoms with van der Waals surface area (Å²) in [5.74, 6) is -2.27. The predicted molar refractivity (Wildman–Crippen MR) is 133 cm³/mol. The summed E-state index contributed by atoms with van der Waals surface area (Å²) in [4.78, 5) is 47.4. The fraction of sp³-hybridized carbons (Fsp3) is 0.333. The summed E-state index contributed by atoms with van der Waals surface area (Å²) in [5, 5.41) is 11.5. The molecule has 3 heterocycles. The van der Waals surface area contributed by atoms with Crippen LogP contribution in [0.25, 0.3) is 5.76 Å². The van der Waals surface area contributed by atoms with Crippen LogP contribution in [-0.2, 0) is 20.9 Å². The maximum Gasteiger partial charge on any atom is 0.355 e. The van der Waals surface area contributed by atoms with Crippen molar-refractivity contribution in [1.82, 2.24) is 19.4 Å². The molecule has 3 aromatic rings. The number of aliphatic hydroxyl groups is 1. The minimum absolute atomic E-state index is 0.00657. The average molecular weight is 491 g/mol. The monoisotopic (exact) mass is 490 g/mol. The number of nitrogens with one attached hydrogen (secondary N) is 1. The second-order valence-corrected chi connectivity index (χ2v) is 8.90. The van der Waals surface area contributed by atoms with Crippen molar-refractivity contribution >= 4 is 23.4 Å². The van der Waals surface area contributed by atoms with E-state index in [0.717, 1.165) is 11.1 Å². The number of likely N-dealkylation sites (tertiary alicyclic amines) is 1. The van der Waals surface area contributed by atoms with E-state index < -0.39 is 23.7 Å². The van der Waals surface area contributed by atoms with E-state index in [1.165, 1.54) is 4.90 Å². The van der Waals surface area contributed by atoms with Crippen LogP contribution in [0.1, 0.15) is 57.8 Å². The van der Waals surface area contributed by atoms with Gasteiger partial charge in [-0.15, -0.1) is 0 Å². The first kappa shape index (κ1) is 25.0. The van der Waals surface area contributed by atoms with Crippen LogP contribution in [0, 0.1) is 20.8 Å². The molecule has 0 spiro atoms. The number of carbonyl (C=O) groups is 3. The van der Waals surface area contributed by atoms with E-state index in [9.17, 15) is 19.5 Å². The van der Waals surface area contributed by atoms with Crippen molar-refractivity contribution in [2.75, 3.05) is 13.2 Å². The minimum atomic E-state index is -0.756. The van der Waals surface area contributed by atoms with Gasteiger partial charge in [0.25, 0.3) is 11.7 Å². The highest BCUT2D eigenvalue weighted by atomic mass is 16.5. The SMILES string of the molecule is CCOC(=O)c1[nH]c(C)c(C(O)=C2C(=O)C(=O)N(CCCn3ccnc3)C2c2ccc(C)cc2)c1C. The highest BCUT2D eigenvalue weighted by Gasteiger charge is 2.46. The zero-order valence-corrected chi connectivity index (χ0v) is 20.9. The molecule has 188 valence electrons. The van der Waals surface area contributed by atoms with Crippen LogP contribution in [0.2, 0.25) is 0 Å². The number of hydrogen-bond donors (Lipinski definition) is 2. The number of H-pyrrole nitrogens is 1. The number of rotatable bonds is 8. The minimum Gasteiger partial charge on any atom is -0.507 e. The number of hydrogen-bond acceptors (Lipinski definition) is 6. The van der Waals surface area contributed by atoms with E-state index >= 15 is 0 Å². The molecule has 9 heteroatoms. The number of aryl methyl sites for hydroxylation is 3. The molecule has 1 aliphatic heterocycles. The van der Waals surface area contributed by atoms with E-state index in [1.54, 1.807) is 33.3 Å². The van der Waals surface area contributed by atoms with Gasteiger partial charge in [-0.3, -0.25) is 9.59 Å². The first-order chi connectivity index (χ1) is 17.2. The van der Waals surface area contributed by atoms with E-state index in [4.69, 9.17) is 4.74 Å². The number of aliphatic hydroxyl groups excluding tert-OH is 1. The smallest absolute Gasteiger partial charge is 0.355 e. The fourth-order valence-electron chi connectivity index (χ4n) is 4.70. The molecule has 1 unspecified atom stereocenters. The summed E-state index contributed by atoms with van der Waals surface area (Å²) in [6.45, 7) is 8.18. The molecule has 1 aliphatic rings. The summed E-state index contributed by atoms with van der Waals surface area (Å²) in [6, 6.07) is 6.79. The molecule has 0 saturated carbocycles. The van der Waals surface area contributed by atoms with Gasteiger partial charge >= 0.3 is 5.97 Å². The molecule has 1 fully saturated rings. The molecular formula is C27H30N4O5. The number of esters is 1. The van der Waals surface area contributed by atoms with Gasteiger partial charge < -0.3 is 24.3 Å². The van der Waals surface area contributed by atoms with Crippen LogP contribution in [-0.4, -0.2) is 55.4 Å². The molecule has 1 aromatic carbocycles. The lowest BCUT2D eigenvalue weighted by atomic mass is 9.93. The molecular weight excluding hydrogens is 460 g/mol. The number of amides is 1. The number of Topliss-reactive ketones (excluding diaryl/α,β-unsaturated/α-hetero) is 1. The third-order valence-electron chi connectivity index (χ3n) is 6.46. The van der Waals surface area contributed by atoms with E-state index in [1.807, 2.05) is 42.0 Å². The Morgan fingerprint density at radius 2 is 1.86 bits per heavy atom. The van der Waals surface area contributed by atoms with E-state index in [2.05, 4.69) is 9.97 Å². The predicted octanol–water partition coefficient (Wildman–Crippen LogP) is 3.83. The summed E-state index contributed by atoms with van der Waals surface area (Å²) < 4.78 is 7.01. The van der Waals surface area contributed by atoms with Gasteiger partial charge in [-0.1, -0.05) is 29.8 Å². The normalized spacial score (nSPS) is 17.1. The molecule has 0 radical (unpaired) electrons. The Bertz CT molecular complexity index is 1320. The first-order valence-electron chi connectivity index (χ1n) is 11.9. The molecule has 1 amide bonds. The highest BCUT2D eigenvalue weighted by Crippen LogP contribution is 2.41. The molecule has 1 atom stereocenters. The number of nitrogens with zero attached hydrogens (tertiary/aromatic N) is 3. The van der Waals surface area contributed by atoms with E-state index in [-0.39, 0.29) is 23.6 Å². The van der Waals surface area contributed by atoms with Gasteiger partial charge in [0.05, 0.1) is 24.5 Å². The van der Waals surface area contributed by atoms with Crippen molar-refractivity contribution in [1.29, 1.82) is 0 Å². The van der Waals surface area contributed by atoms with Crippen LogP contribution in [0.15, 0.2) is 48.6 Å². The lowest BCUT2D eigenvalue weighted by molar-refractivity contribution is -0.139. The van der Waals surface area contributed by atoms with Crippen molar-refractivity contribution in [2.45, 2.75) is 46.7 Å². The average Bonchev–Trinajstić information content (AvgIpc) is 3.53. The van der Waals surface area contributed by atoms with E-state index in [0.29, 0.717) is 36.3 Å². The molecule has 0 bridgehead atoms. The number of benzene rings is 1. The van der Waals surface area contributed by atoms with Crippen molar-refractivity contribution in [2.24, 2.45) is 0 Å². The molecule has 9 nitrogen and oxygen atoms in total. The number of ether oxygens (including phenoxy) is 1. The lowest BCUT2D eigenvalue weighted by Crippen LogP contribution is -2.31. The number of carbonyl (C=O) groups excluding carboxylic acids is 3. The third kappa shape index (κ3) is 4.56. The lowest BCUT2D eigenvalue weighted by Gasteiger charge is -2.25. The number of aromatic nitrogens is 3. The highest BCUT2D eigenvalue weighted by molar-refractivity contribution is 6.46. The second kappa shape index (κ2) is 10.2. The molecule has 1 saturated heterocycles. The van der Waals surface area contributed by atoms with Gasteiger partial charge in [0.15, 0.2) is 0 Å². The first-order valence-corrected chi connectivity index (χ1v) is 11.9. The Labute approximate surface area is 209 Å². The summed E-state index contributed by atoms with van der Waals surface area (Å²) in [7, 11) is 0. The van der Waals surface area contributed by atoms with Gasteiger partial charge in [0.2, 0.25) is 0 Å². The summed E-state index contributed by atoms with van der Waals surface area (Å²) >= 11 is 0. The second-order valence-electron chi connectivity index (χ2n) is 8.90. The van der Waals surface area contributed by atoms with Crippen LogP contribution >= 0.6 is 0 Å². The Morgan fingerprint density at radius 3 is 2.50 bits per heavy atom. The molecule has 0 aliphatic carbocycles. The number of ketones is 1. The quantitative estimate of drug-likeness (QED) is 0.215. The van der Waals surface area contributed by atoms with Crippen LogP contribution in [0.3, 0.4) is 0 Å². The van der Waals surface area contributed by atoms with Crippen molar-refractivity contribution in [3.05, 3.63) is 82.2 Å². The summed E-state index contributed by atoms with van der Waals surface area (Å²) in [5.41, 5.74) is 3.25. The van der Waals surface area contributed by atoms with Crippen molar-refractivity contribution in [3.8, 4) is 0 Å². The van der Waals surface area contributed by atoms with Gasteiger partial charge in [0.1, 0.15) is 11.5 Å². The maximum atomic E-state index is 13.3. The Balaban J connectivity index is 1.78. The molecule has 2 N–H and O–H groups in total. The van der Waals surface area contributed by atoms with Crippen LogP contribution < -0.4 is 0 Å². The Morgan fingerprint density at radius 1 is 1.14 bits per heavy atom. The van der Waals surface area contributed by atoms with Crippen molar-refractivity contribution in [3.63, 3.8) is 0 Å². The zero-order chi connectivity index (χ0) is 26.0. The van der Waals surface area contributed by atoms with Gasteiger partial charge in [-0.05, 0) is 45.2 Å². The standard InChI is InChI=1S/C27H30N4O5/c1-5-36-27(35)22-17(3)20(18(4)29-22)24(32)21-23(19-9-7-16(2)8-10-19)31(26(34)25(21)33)13-6-12-30-14-11-28-15-30/h7-11,14-15,23,29,32H,5-6,12-13H2,1-4H3. The summed E-state index contributed by atoms with van der Waals surface area (Å²) in [6.07, 6.45) is 5.82. The Kier molecular flexibility index (Phi) is 7.10. The Hall–Kier alpha value is -4.14. The maximum absolute atomic E-state index is 13.3. The van der Waals surface area contributed by atoms with Gasteiger partial charge in [-0.25, -0.2) is 9.78 Å². The zero-order valence-electron chi connectivity index (χ0n) is 20.9. The van der Waals surface area contributed by atoms with Gasteiger partial charge in [0, 0.05) is 36.7 Å². The molecule has 36 heavy (non-hydrogen) atoms. The van der Waals surface area contributed by atoms with Crippen LogP contribution in [0.4, 0.5) is 0 Å². The van der Waals surface area contributed by atoms with Crippen molar-refractivity contribution < 1.29 is 24.2 Å². The fourth-order valence-corrected chi connectivity index (χ4v) is 4.70. The number of aromatic amines is 1. The third-order valence-corrected chi connectivity index (χ3v) is 6.46. The molecule has 2 aromatic heterocycles. The van der Waals surface area contributed by atoms with Crippen LogP contribution in [0.5, 0.6) is 0 Å². The topological polar surface area (TPSA) is 118 Å². The molecule has 4 rings (SSSR count). The largest absolute Gasteiger partial charge is 0.507 e. The van der Waals surface area contributed by atoms with Gasteiger partial charge in [-0.2, -0.15) is 0 Å². The number of imidazole rings is 1.